The van der Waals surface area contributed by atoms with Gasteiger partial charge in [-0.15, -0.1) is 0 Å². The third kappa shape index (κ3) is 2.33. The molecule has 0 saturated carbocycles. The fraction of sp³-hybridized carbons (Fsp3) is 0.533. The maximum atomic E-state index is 6.16. The normalized spacial score (nSPS) is 29.8. The van der Waals surface area contributed by atoms with Gasteiger partial charge in [-0.2, -0.15) is 0 Å². The molecular formula is C15H20BrN3O. The highest BCUT2D eigenvalue weighted by Crippen LogP contribution is 2.39. The van der Waals surface area contributed by atoms with Gasteiger partial charge >= 0.3 is 0 Å². The third-order valence-corrected chi connectivity index (χ3v) is 4.84. The van der Waals surface area contributed by atoms with Gasteiger partial charge in [-0.1, -0.05) is 22.9 Å². The molecule has 2 unspecified atom stereocenters. The van der Waals surface area contributed by atoms with E-state index in [1.54, 1.807) is 0 Å². The summed E-state index contributed by atoms with van der Waals surface area (Å²) in [5, 5.41) is 0. The molecule has 1 aromatic carbocycles. The maximum absolute atomic E-state index is 6.16. The molecule has 108 valence electrons. The summed E-state index contributed by atoms with van der Waals surface area (Å²) in [5.41, 5.74) is 7.28. The fourth-order valence-corrected chi connectivity index (χ4v) is 3.48. The number of hydrogen-bond acceptors (Lipinski definition) is 4. The molecule has 3 rings (SSSR count). The van der Waals surface area contributed by atoms with Crippen LogP contribution in [0.15, 0.2) is 33.7 Å². The number of rotatable bonds is 2. The molecule has 20 heavy (non-hydrogen) atoms. The summed E-state index contributed by atoms with van der Waals surface area (Å²) >= 11 is 3.48. The molecule has 2 N–H and O–H groups in total. The second-order valence-electron chi connectivity index (χ2n) is 5.57. The first-order valence-corrected chi connectivity index (χ1v) is 7.91. The Balaban J connectivity index is 1.93. The lowest BCUT2D eigenvalue weighted by atomic mass is 9.84. The number of benzene rings is 1. The second-order valence-corrected chi connectivity index (χ2v) is 6.48. The Kier molecular flexibility index (Phi) is 3.73. The Morgan fingerprint density at radius 2 is 2.20 bits per heavy atom. The molecule has 5 heteroatoms. The minimum Gasteiger partial charge on any atom is -0.378 e. The lowest BCUT2D eigenvalue weighted by Gasteiger charge is -2.44. The van der Waals surface area contributed by atoms with Gasteiger partial charge in [-0.25, -0.2) is 0 Å². The SMILES string of the molecule is CCC1CC2(CCO1)CN=C(N)N2c1ccc(Br)cc1. The highest BCUT2D eigenvalue weighted by Gasteiger charge is 2.46. The van der Waals surface area contributed by atoms with Crippen LogP contribution in [0, 0.1) is 0 Å². The van der Waals surface area contributed by atoms with Crippen molar-refractivity contribution in [2.45, 2.75) is 37.8 Å². The summed E-state index contributed by atoms with van der Waals surface area (Å²) in [4.78, 5) is 6.73. The summed E-state index contributed by atoms with van der Waals surface area (Å²) in [5.74, 6) is 0.629. The molecule has 0 aromatic heterocycles. The predicted molar refractivity (Wildman–Crippen MR) is 85.1 cm³/mol. The van der Waals surface area contributed by atoms with Crippen LogP contribution in [0.2, 0.25) is 0 Å². The molecule has 2 atom stereocenters. The minimum atomic E-state index is -0.00314. The summed E-state index contributed by atoms with van der Waals surface area (Å²) in [6.45, 7) is 3.73. The quantitative estimate of drug-likeness (QED) is 0.902. The van der Waals surface area contributed by atoms with Gasteiger partial charge in [0.15, 0.2) is 5.96 Å². The van der Waals surface area contributed by atoms with Crippen molar-refractivity contribution < 1.29 is 4.74 Å². The van der Waals surface area contributed by atoms with Gasteiger partial charge in [-0.3, -0.25) is 4.99 Å². The Bertz CT molecular complexity index is 516. The summed E-state index contributed by atoms with van der Waals surface area (Å²) in [6, 6.07) is 8.28. The number of aliphatic imine (C=N–C) groups is 1. The highest BCUT2D eigenvalue weighted by atomic mass is 79.9. The number of hydrogen-bond donors (Lipinski definition) is 1. The van der Waals surface area contributed by atoms with E-state index in [-0.39, 0.29) is 5.54 Å². The number of guanidine groups is 1. The summed E-state index contributed by atoms with van der Waals surface area (Å²) in [6.07, 6.45) is 3.31. The van der Waals surface area contributed by atoms with Crippen molar-refractivity contribution in [2.75, 3.05) is 18.1 Å². The van der Waals surface area contributed by atoms with E-state index >= 15 is 0 Å². The first kappa shape index (κ1) is 13.9. The highest BCUT2D eigenvalue weighted by molar-refractivity contribution is 9.10. The number of ether oxygens (including phenoxy) is 1. The standard InChI is InChI=1S/C15H20BrN3O/c1-2-13-9-15(7-8-20-13)10-18-14(17)19(15)12-5-3-11(16)4-6-12/h3-6,13H,2,7-10H2,1H3,(H2,17,18). The molecule has 4 nitrogen and oxygen atoms in total. The Morgan fingerprint density at radius 1 is 1.45 bits per heavy atom. The second kappa shape index (κ2) is 5.37. The van der Waals surface area contributed by atoms with E-state index < -0.39 is 0 Å². The van der Waals surface area contributed by atoms with Crippen LogP contribution in [0.5, 0.6) is 0 Å². The number of nitrogens with two attached hydrogens (primary N) is 1. The number of anilines is 1. The van der Waals surface area contributed by atoms with Crippen molar-refractivity contribution in [1.82, 2.24) is 0 Å². The average molecular weight is 338 g/mol. The first-order chi connectivity index (χ1) is 9.64. The Hall–Kier alpha value is -1.07. The molecule has 2 heterocycles. The van der Waals surface area contributed by atoms with Crippen LogP contribution < -0.4 is 10.6 Å². The van der Waals surface area contributed by atoms with E-state index in [1.165, 1.54) is 0 Å². The van der Waals surface area contributed by atoms with Gasteiger partial charge in [0.2, 0.25) is 0 Å². The molecule has 2 aliphatic heterocycles. The lowest BCUT2D eigenvalue weighted by molar-refractivity contribution is -0.0151. The number of nitrogens with zero attached hydrogens (tertiary/aromatic N) is 2. The van der Waals surface area contributed by atoms with Gasteiger partial charge in [-0.05, 0) is 43.5 Å². The van der Waals surface area contributed by atoms with Crippen molar-refractivity contribution >= 4 is 27.6 Å². The zero-order valence-corrected chi connectivity index (χ0v) is 13.3. The van der Waals surface area contributed by atoms with Crippen LogP contribution in [0.25, 0.3) is 0 Å². The zero-order chi connectivity index (χ0) is 14.2. The van der Waals surface area contributed by atoms with Gasteiger partial charge in [0.05, 0.1) is 18.2 Å². The summed E-state index contributed by atoms with van der Waals surface area (Å²) < 4.78 is 6.90. The van der Waals surface area contributed by atoms with Crippen LogP contribution in [0.3, 0.4) is 0 Å². The molecular weight excluding hydrogens is 318 g/mol. The largest absolute Gasteiger partial charge is 0.378 e. The monoisotopic (exact) mass is 337 g/mol. The van der Waals surface area contributed by atoms with Crippen molar-refractivity contribution in [3.8, 4) is 0 Å². The van der Waals surface area contributed by atoms with Crippen LogP contribution >= 0.6 is 15.9 Å². The zero-order valence-electron chi connectivity index (χ0n) is 11.7. The maximum Gasteiger partial charge on any atom is 0.196 e. The van der Waals surface area contributed by atoms with E-state index in [0.29, 0.717) is 12.1 Å². The molecule has 0 aliphatic carbocycles. The molecule has 1 saturated heterocycles. The van der Waals surface area contributed by atoms with E-state index in [2.05, 4.69) is 44.9 Å². The minimum absolute atomic E-state index is 0.00314. The average Bonchev–Trinajstić information content (AvgIpc) is 2.77. The predicted octanol–water partition coefficient (Wildman–Crippen LogP) is 2.91. The lowest BCUT2D eigenvalue weighted by Crippen LogP contribution is -2.56. The smallest absolute Gasteiger partial charge is 0.196 e. The van der Waals surface area contributed by atoms with Crippen LogP contribution in [-0.2, 0) is 4.74 Å². The van der Waals surface area contributed by atoms with E-state index in [9.17, 15) is 0 Å². The van der Waals surface area contributed by atoms with Crippen molar-refractivity contribution in [3.63, 3.8) is 0 Å². The summed E-state index contributed by atoms with van der Waals surface area (Å²) in [7, 11) is 0. The van der Waals surface area contributed by atoms with Gasteiger partial charge < -0.3 is 15.4 Å². The van der Waals surface area contributed by atoms with E-state index in [0.717, 1.165) is 42.6 Å². The van der Waals surface area contributed by atoms with E-state index in [4.69, 9.17) is 10.5 Å². The molecule has 0 amide bonds. The number of halogens is 1. The van der Waals surface area contributed by atoms with Crippen LogP contribution in [0.4, 0.5) is 5.69 Å². The van der Waals surface area contributed by atoms with Crippen molar-refractivity contribution in [3.05, 3.63) is 28.7 Å². The topological polar surface area (TPSA) is 50.9 Å². The van der Waals surface area contributed by atoms with Gasteiger partial charge in [0.25, 0.3) is 0 Å². The van der Waals surface area contributed by atoms with Gasteiger partial charge in [0.1, 0.15) is 0 Å². The fourth-order valence-electron chi connectivity index (χ4n) is 3.22. The Morgan fingerprint density at radius 3 is 2.90 bits per heavy atom. The molecule has 1 spiro atoms. The molecule has 0 bridgehead atoms. The van der Waals surface area contributed by atoms with Crippen molar-refractivity contribution in [2.24, 2.45) is 10.7 Å². The van der Waals surface area contributed by atoms with Crippen LogP contribution in [0.1, 0.15) is 26.2 Å². The first-order valence-electron chi connectivity index (χ1n) is 7.12. The van der Waals surface area contributed by atoms with E-state index in [1.807, 2.05) is 12.1 Å². The molecule has 1 fully saturated rings. The molecule has 2 aliphatic rings. The van der Waals surface area contributed by atoms with Crippen LogP contribution in [-0.4, -0.2) is 30.8 Å². The Labute approximate surface area is 128 Å². The molecule has 0 radical (unpaired) electrons. The van der Waals surface area contributed by atoms with Crippen molar-refractivity contribution in [1.29, 1.82) is 0 Å². The molecule has 1 aromatic rings. The van der Waals surface area contributed by atoms with Gasteiger partial charge in [0, 0.05) is 16.8 Å². The third-order valence-electron chi connectivity index (χ3n) is 4.31.